The second kappa shape index (κ2) is 8.56. The van der Waals surface area contributed by atoms with Crippen LogP contribution in [0, 0.1) is 5.92 Å². The highest BCUT2D eigenvalue weighted by molar-refractivity contribution is 7.88. The van der Waals surface area contributed by atoms with Crippen molar-refractivity contribution in [2.75, 3.05) is 19.4 Å². The highest BCUT2D eigenvalue weighted by Crippen LogP contribution is 2.04. The van der Waals surface area contributed by atoms with E-state index in [1.807, 2.05) is 27.7 Å². The van der Waals surface area contributed by atoms with Crippen molar-refractivity contribution >= 4 is 16.0 Å². The number of nitrogens with two attached hydrogens (primary N) is 1. The molecule has 0 amide bonds. The van der Waals surface area contributed by atoms with E-state index in [1.54, 1.807) is 0 Å². The number of esters is 1. The largest absolute Gasteiger partial charge is 0.462 e. The Morgan fingerprint density at radius 3 is 2.20 bits per heavy atom. The minimum atomic E-state index is -3.32. The Morgan fingerprint density at radius 1 is 1.25 bits per heavy atom. The molecule has 20 heavy (non-hydrogen) atoms. The molecule has 0 aromatic heterocycles. The molecule has 0 aromatic carbocycles. The molecule has 0 bridgehead atoms. The SMILES string of the molecule is CC(C)O[C@@H](CNS(C)(=O)=O)COC(=O)[C@@H](N)C(C)C. The first kappa shape index (κ1) is 19.3. The molecule has 0 saturated carbocycles. The van der Waals surface area contributed by atoms with E-state index in [4.69, 9.17) is 15.2 Å². The van der Waals surface area contributed by atoms with E-state index in [9.17, 15) is 13.2 Å². The van der Waals surface area contributed by atoms with Crippen LogP contribution in [-0.2, 0) is 24.3 Å². The van der Waals surface area contributed by atoms with Crippen LogP contribution in [0.1, 0.15) is 27.7 Å². The number of rotatable bonds is 9. The maximum absolute atomic E-state index is 11.6. The van der Waals surface area contributed by atoms with Crippen LogP contribution in [0.4, 0.5) is 0 Å². The third-order valence-corrected chi connectivity index (χ3v) is 3.13. The van der Waals surface area contributed by atoms with Crippen molar-refractivity contribution in [1.82, 2.24) is 4.72 Å². The zero-order valence-corrected chi connectivity index (χ0v) is 13.6. The fourth-order valence-electron chi connectivity index (χ4n) is 1.32. The molecule has 0 aliphatic carbocycles. The number of carbonyl (C=O) groups is 1. The highest BCUT2D eigenvalue weighted by Gasteiger charge is 2.21. The minimum absolute atomic E-state index is 0.0267. The Labute approximate surface area is 121 Å². The maximum Gasteiger partial charge on any atom is 0.323 e. The van der Waals surface area contributed by atoms with Crippen LogP contribution in [0.25, 0.3) is 0 Å². The second-order valence-electron chi connectivity index (χ2n) is 5.33. The van der Waals surface area contributed by atoms with Gasteiger partial charge in [-0.3, -0.25) is 4.79 Å². The van der Waals surface area contributed by atoms with Crippen molar-refractivity contribution in [2.45, 2.75) is 45.9 Å². The Bertz CT molecular complexity index is 395. The predicted octanol–water partition coefficient (Wildman–Crippen LogP) is -0.144. The number of sulfonamides is 1. The quantitative estimate of drug-likeness (QED) is 0.574. The monoisotopic (exact) mass is 310 g/mol. The summed E-state index contributed by atoms with van der Waals surface area (Å²) in [5.74, 6) is -0.544. The average molecular weight is 310 g/mol. The van der Waals surface area contributed by atoms with E-state index < -0.39 is 28.1 Å². The Morgan fingerprint density at radius 2 is 1.80 bits per heavy atom. The maximum atomic E-state index is 11.6. The van der Waals surface area contributed by atoms with Gasteiger partial charge in [0.15, 0.2) is 0 Å². The third-order valence-electron chi connectivity index (χ3n) is 2.44. The zero-order valence-electron chi connectivity index (χ0n) is 12.8. The van der Waals surface area contributed by atoms with E-state index >= 15 is 0 Å². The van der Waals surface area contributed by atoms with E-state index in [1.165, 1.54) is 0 Å². The van der Waals surface area contributed by atoms with Gasteiger partial charge in [-0.25, -0.2) is 13.1 Å². The summed E-state index contributed by atoms with van der Waals surface area (Å²) in [6, 6.07) is -0.697. The number of hydrogen-bond acceptors (Lipinski definition) is 6. The molecular formula is C12H26N2O5S. The molecule has 7 nitrogen and oxygen atoms in total. The first-order valence-electron chi connectivity index (χ1n) is 6.55. The van der Waals surface area contributed by atoms with Crippen molar-refractivity contribution in [3.8, 4) is 0 Å². The molecule has 0 rings (SSSR count). The number of hydrogen-bond donors (Lipinski definition) is 2. The molecule has 0 aliphatic heterocycles. The van der Waals surface area contributed by atoms with Gasteiger partial charge in [0, 0.05) is 6.54 Å². The summed E-state index contributed by atoms with van der Waals surface area (Å²) in [7, 11) is -3.32. The molecule has 2 atom stereocenters. The van der Waals surface area contributed by atoms with Crippen molar-refractivity contribution in [3.05, 3.63) is 0 Å². The molecule has 0 fully saturated rings. The van der Waals surface area contributed by atoms with Crippen LogP contribution in [0.15, 0.2) is 0 Å². The summed E-state index contributed by atoms with van der Waals surface area (Å²) in [4.78, 5) is 11.6. The van der Waals surface area contributed by atoms with E-state index in [0.29, 0.717) is 0 Å². The predicted molar refractivity (Wildman–Crippen MR) is 76.6 cm³/mol. The minimum Gasteiger partial charge on any atom is -0.462 e. The van der Waals surface area contributed by atoms with Gasteiger partial charge in [-0.1, -0.05) is 13.8 Å². The summed E-state index contributed by atoms with van der Waals surface area (Å²) in [5.41, 5.74) is 5.66. The van der Waals surface area contributed by atoms with Crippen LogP contribution in [0.3, 0.4) is 0 Å². The number of nitrogens with one attached hydrogen (secondary N) is 1. The lowest BCUT2D eigenvalue weighted by atomic mass is 10.1. The molecular weight excluding hydrogens is 284 g/mol. The lowest BCUT2D eigenvalue weighted by Gasteiger charge is -2.22. The molecule has 3 N–H and O–H groups in total. The zero-order chi connectivity index (χ0) is 15.9. The van der Waals surface area contributed by atoms with E-state index in [0.717, 1.165) is 6.26 Å². The standard InChI is InChI=1S/C12H26N2O5S/c1-8(2)11(13)12(15)18-7-10(19-9(3)4)6-14-20(5,16)17/h8-11,14H,6-7,13H2,1-5H3/t10-,11-/m0/s1. The van der Waals surface area contributed by atoms with Crippen LogP contribution < -0.4 is 10.5 Å². The molecule has 0 aliphatic rings. The molecule has 0 saturated heterocycles. The summed E-state index contributed by atoms with van der Waals surface area (Å²) < 4.78 is 35.0. The fraction of sp³-hybridized carbons (Fsp3) is 0.917. The molecule has 120 valence electrons. The highest BCUT2D eigenvalue weighted by atomic mass is 32.2. The molecule has 0 radical (unpaired) electrons. The average Bonchev–Trinajstić information content (AvgIpc) is 2.29. The van der Waals surface area contributed by atoms with Gasteiger partial charge in [-0.2, -0.15) is 0 Å². The van der Waals surface area contributed by atoms with E-state index in [-0.39, 0.29) is 25.2 Å². The van der Waals surface area contributed by atoms with Crippen molar-refractivity contribution < 1.29 is 22.7 Å². The van der Waals surface area contributed by atoms with Crippen LogP contribution in [0.2, 0.25) is 0 Å². The van der Waals surface area contributed by atoms with Crippen molar-refractivity contribution in [1.29, 1.82) is 0 Å². The molecule has 0 aromatic rings. The van der Waals surface area contributed by atoms with Gasteiger partial charge < -0.3 is 15.2 Å². The second-order valence-corrected chi connectivity index (χ2v) is 7.16. The Hall–Kier alpha value is -0.700. The van der Waals surface area contributed by atoms with Gasteiger partial charge in [-0.05, 0) is 19.8 Å². The van der Waals surface area contributed by atoms with Crippen LogP contribution in [-0.4, -0.2) is 52.0 Å². The smallest absolute Gasteiger partial charge is 0.323 e. The molecule has 0 heterocycles. The van der Waals surface area contributed by atoms with Gasteiger partial charge in [-0.15, -0.1) is 0 Å². The van der Waals surface area contributed by atoms with Crippen molar-refractivity contribution in [2.24, 2.45) is 11.7 Å². The van der Waals surface area contributed by atoms with Crippen LogP contribution >= 0.6 is 0 Å². The summed E-state index contributed by atoms with van der Waals surface area (Å²) in [5, 5.41) is 0. The topological polar surface area (TPSA) is 108 Å². The van der Waals surface area contributed by atoms with Gasteiger partial charge in [0.05, 0.1) is 12.4 Å². The Kier molecular flexibility index (Phi) is 8.26. The summed E-state index contributed by atoms with van der Waals surface area (Å²) in [6.07, 6.45) is 0.395. The fourth-order valence-corrected chi connectivity index (χ4v) is 1.81. The third kappa shape index (κ3) is 9.24. The van der Waals surface area contributed by atoms with E-state index in [2.05, 4.69) is 4.72 Å². The van der Waals surface area contributed by atoms with Gasteiger partial charge >= 0.3 is 5.97 Å². The molecule has 8 heteroatoms. The lowest BCUT2D eigenvalue weighted by molar-refractivity contribution is -0.151. The molecule has 0 unspecified atom stereocenters. The normalized spacial score (nSPS) is 15.4. The summed E-state index contributed by atoms with van der Waals surface area (Å²) >= 11 is 0. The first-order valence-corrected chi connectivity index (χ1v) is 8.44. The van der Waals surface area contributed by atoms with Gasteiger partial charge in [0.1, 0.15) is 18.8 Å². The number of ether oxygens (including phenoxy) is 2. The van der Waals surface area contributed by atoms with Gasteiger partial charge in [0.25, 0.3) is 0 Å². The summed E-state index contributed by atoms with van der Waals surface area (Å²) in [6.45, 7) is 7.27. The lowest BCUT2D eigenvalue weighted by Crippen LogP contribution is -2.41. The van der Waals surface area contributed by atoms with Crippen molar-refractivity contribution in [3.63, 3.8) is 0 Å². The van der Waals surface area contributed by atoms with Gasteiger partial charge in [0.2, 0.25) is 10.0 Å². The molecule has 0 spiro atoms. The van der Waals surface area contributed by atoms with Crippen LogP contribution in [0.5, 0.6) is 0 Å². The first-order chi connectivity index (χ1) is 9.03. The number of carbonyl (C=O) groups excluding carboxylic acids is 1. The Balaban J connectivity index is 4.40.